The minimum absolute atomic E-state index is 0.154. The fourth-order valence-electron chi connectivity index (χ4n) is 3.34. The summed E-state index contributed by atoms with van der Waals surface area (Å²) < 4.78 is 2.18. The first-order valence-electron chi connectivity index (χ1n) is 9.30. The molecule has 1 N–H and O–H groups in total. The normalized spacial score (nSPS) is 10.9. The van der Waals surface area contributed by atoms with Crippen molar-refractivity contribution in [2.24, 2.45) is 0 Å². The van der Waals surface area contributed by atoms with Crippen molar-refractivity contribution in [3.8, 4) is 0 Å². The van der Waals surface area contributed by atoms with E-state index in [-0.39, 0.29) is 5.91 Å². The quantitative estimate of drug-likeness (QED) is 0.577. The maximum Gasteiger partial charge on any atom is 0.253 e. The molecule has 2 aromatic carbocycles. The molecular weight excluding hydrogens is 348 g/mol. The third-order valence-electron chi connectivity index (χ3n) is 4.90. The molecule has 1 amide bonds. The highest BCUT2D eigenvalue weighted by atomic mass is 16.1. The van der Waals surface area contributed by atoms with Crippen molar-refractivity contribution in [2.75, 3.05) is 0 Å². The molecule has 0 atom stereocenters. The number of nitrogens with zero attached hydrogens (tertiary/aromatic N) is 3. The number of aromatic nitrogens is 3. The number of imidazole rings is 1. The molecule has 2 heterocycles. The number of para-hydroxylation sites is 2. The number of nitrogens with one attached hydrogen (secondary N) is 1. The van der Waals surface area contributed by atoms with E-state index in [4.69, 9.17) is 4.98 Å². The Balaban J connectivity index is 1.65. The lowest BCUT2D eigenvalue weighted by molar-refractivity contribution is 0.0949. The molecule has 0 aliphatic carbocycles. The number of aryl methyl sites for hydroxylation is 2. The molecule has 5 heteroatoms. The van der Waals surface area contributed by atoms with E-state index < -0.39 is 0 Å². The molecule has 0 fully saturated rings. The minimum Gasteiger partial charge on any atom is -0.345 e. The van der Waals surface area contributed by atoms with E-state index in [1.54, 1.807) is 24.5 Å². The highest BCUT2D eigenvalue weighted by molar-refractivity contribution is 5.93. The van der Waals surface area contributed by atoms with Crippen LogP contribution in [0.2, 0.25) is 0 Å². The number of benzene rings is 2. The van der Waals surface area contributed by atoms with Crippen molar-refractivity contribution in [1.82, 2.24) is 19.9 Å². The Kier molecular flexibility index (Phi) is 4.89. The Labute approximate surface area is 164 Å². The smallest absolute Gasteiger partial charge is 0.253 e. The van der Waals surface area contributed by atoms with Gasteiger partial charge in [-0.05, 0) is 49.2 Å². The number of fused-ring (bicyclic) bond motifs is 1. The second-order valence-electron chi connectivity index (χ2n) is 6.96. The van der Waals surface area contributed by atoms with Gasteiger partial charge in [0, 0.05) is 18.9 Å². The zero-order chi connectivity index (χ0) is 19.5. The van der Waals surface area contributed by atoms with Gasteiger partial charge in [0.05, 0.1) is 23.1 Å². The Morgan fingerprint density at radius 3 is 2.75 bits per heavy atom. The predicted molar refractivity (Wildman–Crippen MR) is 110 cm³/mol. The van der Waals surface area contributed by atoms with Crippen molar-refractivity contribution in [3.63, 3.8) is 0 Å². The van der Waals surface area contributed by atoms with Gasteiger partial charge in [-0.1, -0.05) is 35.9 Å². The summed E-state index contributed by atoms with van der Waals surface area (Å²) in [6.45, 7) is 5.29. The molecule has 28 heavy (non-hydrogen) atoms. The van der Waals surface area contributed by atoms with Crippen LogP contribution in [-0.4, -0.2) is 20.4 Å². The first kappa shape index (κ1) is 17.9. The fourth-order valence-corrected chi connectivity index (χ4v) is 3.34. The first-order chi connectivity index (χ1) is 13.6. The van der Waals surface area contributed by atoms with Gasteiger partial charge in [0.25, 0.3) is 5.91 Å². The molecule has 2 aromatic heterocycles. The molecule has 5 nitrogen and oxygen atoms in total. The third-order valence-corrected chi connectivity index (χ3v) is 4.90. The number of carbonyl (C=O) groups excluding carboxylic acids is 1. The monoisotopic (exact) mass is 370 g/mol. The van der Waals surface area contributed by atoms with Crippen molar-refractivity contribution >= 4 is 16.9 Å². The van der Waals surface area contributed by atoms with Crippen molar-refractivity contribution in [1.29, 1.82) is 0 Å². The van der Waals surface area contributed by atoms with Crippen LogP contribution in [-0.2, 0) is 13.1 Å². The highest BCUT2D eigenvalue weighted by Gasteiger charge is 2.13. The molecule has 0 saturated carbocycles. The van der Waals surface area contributed by atoms with Gasteiger partial charge in [0.2, 0.25) is 0 Å². The molecule has 0 bridgehead atoms. The number of pyridine rings is 1. The summed E-state index contributed by atoms with van der Waals surface area (Å²) in [5.74, 6) is 0.679. The van der Waals surface area contributed by atoms with Crippen LogP contribution in [0.4, 0.5) is 0 Å². The lowest BCUT2D eigenvalue weighted by Crippen LogP contribution is -2.25. The van der Waals surface area contributed by atoms with Gasteiger partial charge in [0.15, 0.2) is 0 Å². The lowest BCUT2D eigenvalue weighted by Gasteiger charge is -2.13. The largest absolute Gasteiger partial charge is 0.345 e. The van der Waals surface area contributed by atoms with E-state index in [0.717, 1.165) is 16.9 Å². The molecule has 0 spiro atoms. The fraction of sp³-hybridized carbons (Fsp3) is 0.174. The molecule has 0 aliphatic rings. The molecule has 140 valence electrons. The molecule has 4 aromatic rings. The van der Waals surface area contributed by atoms with Gasteiger partial charge >= 0.3 is 0 Å². The SMILES string of the molecule is Cc1ccc(C)c(Cn2c(CNC(=O)c3cccnc3)nc3ccccc32)c1. The Bertz CT molecular complexity index is 1130. The second kappa shape index (κ2) is 7.64. The van der Waals surface area contributed by atoms with E-state index in [0.29, 0.717) is 18.7 Å². The number of rotatable bonds is 5. The van der Waals surface area contributed by atoms with Crippen LogP contribution in [0.15, 0.2) is 67.0 Å². The summed E-state index contributed by atoms with van der Waals surface area (Å²) in [6.07, 6.45) is 3.22. The van der Waals surface area contributed by atoms with Crippen LogP contribution in [0.3, 0.4) is 0 Å². The van der Waals surface area contributed by atoms with E-state index in [2.05, 4.69) is 53.0 Å². The average molecular weight is 370 g/mol. The van der Waals surface area contributed by atoms with Crippen LogP contribution >= 0.6 is 0 Å². The van der Waals surface area contributed by atoms with Gasteiger partial charge in [-0.2, -0.15) is 0 Å². The molecule has 4 rings (SSSR count). The van der Waals surface area contributed by atoms with Gasteiger partial charge in [-0.3, -0.25) is 9.78 Å². The van der Waals surface area contributed by atoms with Crippen molar-refractivity contribution < 1.29 is 4.79 Å². The van der Waals surface area contributed by atoms with E-state index in [1.165, 1.54) is 16.7 Å². The lowest BCUT2D eigenvalue weighted by atomic mass is 10.1. The molecule has 0 saturated heterocycles. The highest BCUT2D eigenvalue weighted by Crippen LogP contribution is 2.20. The maximum atomic E-state index is 12.4. The summed E-state index contributed by atoms with van der Waals surface area (Å²) in [4.78, 5) is 21.2. The van der Waals surface area contributed by atoms with E-state index in [9.17, 15) is 4.79 Å². The van der Waals surface area contributed by atoms with Crippen LogP contribution in [0.1, 0.15) is 32.9 Å². The summed E-state index contributed by atoms with van der Waals surface area (Å²) in [5.41, 5.74) is 6.26. The number of hydrogen-bond acceptors (Lipinski definition) is 3. The summed E-state index contributed by atoms with van der Waals surface area (Å²) in [6, 6.07) is 18.1. The van der Waals surface area contributed by atoms with Gasteiger partial charge in [-0.15, -0.1) is 0 Å². The summed E-state index contributed by atoms with van der Waals surface area (Å²) in [5, 5.41) is 2.97. The van der Waals surface area contributed by atoms with Gasteiger partial charge < -0.3 is 9.88 Å². The Hall–Kier alpha value is -3.47. The molecule has 0 unspecified atom stereocenters. The second-order valence-corrected chi connectivity index (χ2v) is 6.96. The van der Waals surface area contributed by atoms with Crippen LogP contribution < -0.4 is 5.32 Å². The molecule has 0 aliphatic heterocycles. The number of amides is 1. The molecule has 0 radical (unpaired) electrons. The van der Waals surface area contributed by atoms with Gasteiger partial charge in [-0.25, -0.2) is 4.98 Å². The average Bonchev–Trinajstić information content (AvgIpc) is 3.07. The number of hydrogen-bond donors (Lipinski definition) is 1. The Morgan fingerprint density at radius 2 is 1.93 bits per heavy atom. The zero-order valence-electron chi connectivity index (χ0n) is 16.0. The van der Waals surface area contributed by atoms with Crippen LogP contribution in [0.5, 0.6) is 0 Å². The maximum absolute atomic E-state index is 12.4. The molecular formula is C23H22N4O. The summed E-state index contributed by atoms with van der Waals surface area (Å²) >= 11 is 0. The topological polar surface area (TPSA) is 59.8 Å². The summed E-state index contributed by atoms with van der Waals surface area (Å²) in [7, 11) is 0. The zero-order valence-corrected chi connectivity index (χ0v) is 16.0. The minimum atomic E-state index is -0.154. The Morgan fingerprint density at radius 1 is 1.07 bits per heavy atom. The van der Waals surface area contributed by atoms with Crippen molar-refractivity contribution in [2.45, 2.75) is 26.9 Å². The van der Waals surface area contributed by atoms with Gasteiger partial charge in [0.1, 0.15) is 5.82 Å². The standard InChI is InChI=1S/C23H22N4O/c1-16-9-10-17(2)19(12-16)15-27-21-8-4-3-7-20(21)26-22(27)14-25-23(28)18-6-5-11-24-13-18/h3-13H,14-15H2,1-2H3,(H,25,28). The third kappa shape index (κ3) is 3.64. The number of carbonyl (C=O) groups is 1. The predicted octanol–water partition coefficient (Wildman–Crippen LogP) is 4.03. The van der Waals surface area contributed by atoms with Crippen molar-refractivity contribution in [3.05, 3.63) is 95.1 Å². The first-order valence-corrected chi connectivity index (χ1v) is 9.30. The van der Waals surface area contributed by atoms with Crippen LogP contribution in [0, 0.1) is 13.8 Å². The van der Waals surface area contributed by atoms with Crippen LogP contribution in [0.25, 0.3) is 11.0 Å². The van der Waals surface area contributed by atoms with E-state index >= 15 is 0 Å². The van der Waals surface area contributed by atoms with E-state index in [1.807, 2.05) is 18.2 Å².